The summed E-state index contributed by atoms with van der Waals surface area (Å²) in [6.07, 6.45) is 1.78. The van der Waals surface area contributed by atoms with Crippen LogP contribution < -0.4 is 10.3 Å². The van der Waals surface area contributed by atoms with Gasteiger partial charge in [-0.15, -0.1) is 0 Å². The minimum atomic E-state index is 0.0374. The first-order chi connectivity index (χ1) is 8.66. The maximum Gasteiger partial charge on any atom is 0.253 e. The molecule has 0 aliphatic rings. The number of hydrogen-bond donors (Lipinski definition) is 0. The second-order valence-electron chi connectivity index (χ2n) is 4.00. The van der Waals surface area contributed by atoms with Gasteiger partial charge in [-0.3, -0.25) is 4.79 Å². The quantitative estimate of drug-likeness (QED) is 0.869. The zero-order valence-corrected chi connectivity index (χ0v) is 11.7. The molecule has 0 spiro atoms. The summed E-state index contributed by atoms with van der Waals surface area (Å²) in [5.41, 5.74) is 0.787. The van der Waals surface area contributed by atoms with E-state index in [1.807, 2.05) is 43.3 Å². The maximum absolute atomic E-state index is 11.8. The number of ether oxygens (including phenoxy) is 1. The summed E-state index contributed by atoms with van der Waals surface area (Å²) in [4.78, 5) is 11.8. The van der Waals surface area contributed by atoms with E-state index >= 15 is 0 Å². The molecule has 0 N–H and O–H groups in total. The first-order valence-electron chi connectivity index (χ1n) is 5.71. The Morgan fingerprint density at radius 2 is 2.11 bits per heavy atom. The fraction of sp³-hybridized carbons (Fsp3) is 0.214. The summed E-state index contributed by atoms with van der Waals surface area (Å²) in [6, 6.07) is 11.3. The highest BCUT2D eigenvalue weighted by atomic mass is 79.9. The largest absolute Gasteiger partial charge is 0.492 e. The minimum Gasteiger partial charge on any atom is -0.492 e. The zero-order valence-electron chi connectivity index (χ0n) is 10.1. The molecule has 0 saturated carbocycles. The van der Waals surface area contributed by atoms with Crippen molar-refractivity contribution in [3.8, 4) is 5.75 Å². The molecule has 2 aromatic rings. The van der Waals surface area contributed by atoms with Crippen molar-refractivity contribution in [1.82, 2.24) is 4.57 Å². The summed E-state index contributed by atoms with van der Waals surface area (Å²) in [6.45, 7) is 2.83. The van der Waals surface area contributed by atoms with Gasteiger partial charge in [0.15, 0.2) is 0 Å². The molecule has 94 valence electrons. The predicted molar refractivity (Wildman–Crippen MR) is 75.1 cm³/mol. The van der Waals surface area contributed by atoms with Crippen LogP contribution in [-0.2, 0) is 6.54 Å². The molecule has 18 heavy (non-hydrogen) atoms. The molecule has 1 aromatic carbocycles. The molecule has 0 bridgehead atoms. The fourth-order valence-electron chi connectivity index (χ4n) is 1.65. The summed E-state index contributed by atoms with van der Waals surface area (Å²) in [5, 5.41) is 0. The Balaban J connectivity index is 1.97. The lowest BCUT2D eigenvalue weighted by Gasteiger charge is -2.08. The predicted octanol–water partition coefficient (Wildman–Crippen LogP) is 3.00. The molecule has 2 rings (SSSR count). The van der Waals surface area contributed by atoms with E-state index in [9.17, 15) is 4.79 Å². The summed E-state index contributed by atoms with van der Waals surface area (Å²) >= 11 is 3.38. The number of aryl methyl sites for hydroxylation is 1. The lowest BCUT2D eigenvalue weighted by Crippen LogP contribution is -2.23. The molecule has 0 radical (unpaired) electrons. The van der Waals surface area contributed by atoms with E-state index in [0.717, 1.165) is 15.8 Å². The van der Waals surface area contributed by atoms with Crippen LogP contribution in [0.5, 0.6) is 5.75 Å². The second kappa shape index (κ2) is 5.87. The molecule has 0 aliphatic carbocycles. The van der Waals surface area contributed by atoms with Crippen molar-refractivity contribution in [1.29, 1.82) is 0 Å². The van der Waals surface area contributed by atoms with E-state index in [-0.39, 0.29) is 5.56 Å². The van der Waals surface area contributed by atoms with Crippen LogP contribution >= 0.6 is 15.9 Å². The van der Waals surface area contributed by atoms with Gasteiger partial charge < -0.3 is 9.30 Å². The van der Waals surface area contributed by atoms with Crippen LogP contribution in [-0.4, -0.2) is 11.2 Å². The number of pyridine rings is 1. The normalized spacial score (nSPS) is 10.3. The Morgan fingerprint density at radius 3 is 2.89 bits per heavy atom. The van der Waals surface area contributed by atoms with Gasteiger partial charge in [-0.05, 0) is 31.2 Å². The van der Waals surface area contributed by atoms with Crippen molar-refractivity contribution < 1.29 is 4.74 Å². The van der Waals surface area contributed by atoms with E-state index < -0.39 is 0 Å². The molecule has 4 heteroatoms. The number of aromatic nitrogens is 1. The Labute approximate surface area is 114 Å². The molecule has 0 fully saturated rings. The molecule has 0 saturated heterocycles. The van der Waals surface area contributed by atoms with Gasteiger partial charge in [0, 0.05) is 16.2 Å². The van der Waals surface area contributed by atoms with Gasteiger partial charge in [0.25, 0.3) is 5.56 Å². The van der Waals surface area contributed by atoms with Gasteiger partial charge in [-0.1, -0.05) is 28.1 Å². The number of halogens is 1. The first kappa shape index (κ1) is 12.9. The lowest BCUT2D eigenvalue weighted by atomic mass is 10.3. The monoisotopic (exact) mass is 307 g/mol. The van der Waals surface area contributed by atoms with E-state index in [0.29, 0.717) is 13.2 Å². The fourth-order valence-corrected chi connectivity index (χ4v) is 2.03. The zero-order chi connectivity index (χ0) is 13.0. The first-order valence-corrected chi connectivity index (χ1v) is 6.50. The standard InChI is InChI=1S/C14H14BrNO2/c1-11-4-3-7-16(14(11)17)8-9-18-13-6-2-5-12(15)10-13/h2-7,10H,8-9H2,1H3. The van der Waals surface area contributed by atoms with Crippen LogP contribution in [0, 0.1) is 6.92 Å². The lowest BCUT2D eigenvalue weighted by molar-refractivity contribution is 0.296. The van der Waals surface area contributed by atoms with Crippen molar-refractivity contribution in [2.75, 3.05) is 6.61 Å². The number of hydrogen-bond acceptors (Lipinski definition) is 2. The Kier molecular flexibility index (Phi) is 4.20. The number of benzene rings is 1. The van der Waals surface area contributed by atoms with Crippen molar-refractivity contribution in [2.24, 2.45) is 0 Å². The van der Waals surface area contributed by atoms with Crippen molar-refractivity contribution in [2.45, 2.75) is 13.5 Å². The summed E-state index contributed by atoms with van der Waals surface area (Å²) in [7, 11) is 0. The van der Waals surface area contributed by atoms with Gasteiger partial charge in [0.1, 0.15) is 12.4 Å². The average molecular weight is 308 g/mol. The molecule has 0 atom stereocenters. The van der Waals surface area contributed by atoms with Crippen LogP contribution in [0.15, 0.2) is 51.9 Å². The molecular formula is C14H14BrNO2. The molecule has 0 amide bonds. The highest BCUT2D eigenvalue weighted by Crippen LogP contribution is 2.17. The molecular weight excluding hydrogens is 294 g/mol. The Morgan fingerprint density at radius 1 is 1.28 bits per heavy atom. The maximum atomic E-state index is 11.8. The van der Waals surface area contributed by atoms with Gasteiger partial charge in [0.05, 0.1) is 6.54 Å². The van der Waals surface area contributed by atoms with E-state index in [2.05, 4.69) is 15.9 Å². The van der Waals surface area contributed by atoms with Gasteiger partial charge in [-0.2, -0.15) is 0 Å². The van der Waals surface area contributed by atoms with Crippen molar-refractivity contribution in [3.63, 3.8) is 0 Å². The van der Waals surface area contributed by atoms with E-state index in [4.69, 9.17) is 4.74 Å². The second-order valence-corrected chi connectivity index (χ2v) is 4.91. The summed E-state index contributed by atoms with van der Waals surface area (Å²) in [5.74, 6) is 0.796. The third-order valence-electron chi connectivity index (χ3n) is 2.61. The van der Waals surface area contributed by atoms with Gasteiger partial charge in [0.2, 0.25) is 0 Å². The molecule has 3 nitrogen and oxygen atoms in total. The Bertz CT molecular complexity index is 592. The van der Waals surface area contributed by atoms with Crippen LogP contribution in [0.25, 0.3) is 0 Å². The van der Waals surface area contributed by atoms with Gasteiger partial charge in [-0.25, -0.2) is 0 Å². The number of nitrogens with zero attached hydrogens (tertiary/aromatic N) is 1. The van der Waals surface area contributed by atoms with E-state index in [1.54, 1.807) is 10.8 Å². The Hall–Kier alpha value is -1.55. The molecule has 1 aromatic heterocycles. The minimum absolute atomic E-state index is 0.0374. The van der Waals surface area contributed by atoms with Crippen LogP contribution in [0.1, 0.15) is 5.56 Å². The summed E-state index contributed by atoms with van der Waals surface area (Å²) < 4.78 is 8.24. The van der Waals surface area contributed by atoms with Crippen molar-refractivity contribution >= 4 is 15.9 Å². The third-order valence-corrected chi connectivity index (χ3v) is 3.10. The molecule has 1 heterocycles. The van der Waals surface area contributed by atoms with Crippen LogP contribution in [0.3, 0.4) is 0 Å². The van der Waals surface area contributed by atoms with Crippen LogP contribution in [0.2, 0.25) is 0 Å². The SMILES string of the molecule is Cc1cccn(CCOc2cccc(Br)c2)c1=O. The molecule has 0 aliphatic heterocycles. The molecule has 0 unspecified atom stereocenters. The average Bonchev–Trinajstić information content (AvgIpc) is 2.35. The highest BCUT2D eigenvalue weighted by molar-refractivity contribution is 9.10. The van der Waals surface area contributed by atoms with Crippen molar-refractivity contribution in [3.05, 3.63) is 63.0 Å². The topological polar surface area (TPSA) is 31.2 Å². The van der Waals surface area contributed by atoms with Gasteiger partial charge >= 0.3 is 0 Å². The van der Waals surface area contributed by atoms with Crippen LogP contribution in [0.4, 0.5) is 0 Å². The van der Waals surface area contributed by atoms with E-state index in [1.165, 1.54) is 0 Å². The third kappa shape index (κ3) is 3.23. The number of rotatable bonds is 4. The smallest absolute Gasteiger partial charge is 0.253 e. The highest BCUT2D eigenvalue weighted by Gasteiger charge is 1.99.